The van der Waals surface area contributed by atoms with Crippen LogP contribution in [0.25, 0.3) is 0 Å². The second-order valence-electron chi connectivity index (χ2n) is 3.52. The zero-order chi connectivity index (χ0) is 7.90. The largest absolute Gasteiger partial charge is 0.461 e. The van der Waals surface area contributed by atoms with E-state index in [9.17, 15) is 4.79 Å². The van der Waals surface area contributed by atoms with Gasteiger partial charge < -0.3 is 4.74 Å². The van der Waals surface area contributed by atoms with Gasteiger partial charge in [0.15, 0.2) is 0 Å². The molecule has 0 aromatic rings. The van der Waals surface area contributed by atoms with E-state index in [2.05, 4.69) is 15.9 Å². The maximum absolute atomic E-state index is 11.3. The Morgan fingerprint density at radius 1 is 1.64 bits per heavy atom. The molecule has 0 radical (unpaired) electrons. The van der Waals surface area contributed by atoms with Crippen LogP contribution in [0.2, 0.25) is 0 Å². The topological polar surface area (TPSA) is 26.3 Å². The minimum atomic E-state index is -0.0432. The van der Waals surface area contributed by atoms with Crippen molar-refractivity contribution in [1.82, 2.24) is 0 Å². The van der Waals surface area contributed by atoms with Gasteiger partial charge in [-0.2, -0.15) is 0 Å². The van der Waals surface area contributed by atoms with Crippen LogP contribution in [-0.4, -0.2) is 17.4 Å². The normalized spacial score (nSPS) is 33.5. The summed E-state index contributed by atoms with van der Waals surface area (Å²) in [7, 11) is 0. The second-order valence-corrected chi connectivity index (χ2v) is 4.17. The molecule has 0 aromatic carbocycles. The Hall–Kier alpha value is -0.0500. The van der Waals surface area contributed by atoms with Crippen molar-refractivity contribution in [2.24, 2.45) is 5.41 Å². The third-order valence-electron chi connectivity index (χ3n) is 2.81. The summed E-state index contributed by atoms with van der Waals surface area (Å²) < 4.78 is 5.18. The zero-order valence-electron chi connectivity index (χ0n) is 6.31. The van der Waals surface area contributed by atoms with Crippen molar-refractivity contribution in [3.63, 3.8) is 0 Å². The highest BCUT2D eigenvalue weighted by atomic mass is 79.9. The van der Waals surface area contributed by atoms with Gasteiger partial charge in [-0.25, -0.2) is 0 Å². The number of cyclic esters (lactones) is 1. The summed E-state index contributed by atoms with van der Waals surface area (Å²) in [6, 6.07) is 0. The van der Waals surface area contributed by atoms with Crippen LogP contribution in [0.4, 0.5) is 0 Å². The van der Waals surface area contributed by atoms with Crippen LogP contribution in [-0.2, 0) is 9.53 Å². The van der Waals surface area contributed by atoms with E-state index in [1.807, 2.05) is 0 Å². The van der Waals surface area contributed by atoms with E-state index in [-0.39, 0.29) is 17.5 Å². The van der Waals surface area contributed by atoms with Gasteiger partial charge in [0.1, 0.15) is 6.10 Å². The average Bonchev–Trinajstić information content (AvgIpc) is 2.25. The molecule has 1 aliphatic carbocycles. The fraction of sp³-hybridized carbons (Fsp3) is 0.875. The molecular weight excluding hydrogens is 208 g/mol. The van der Waals surface area contributed by atoms with Gasteiger partial charge in [-0.15, -0.1) is 0 Å². The molecule has 11 heavy (non-hydrogen) atoms. The Kier molecular flexibility index (Phi) is 1.71. The van der Waals surface area contributed by atoms with Crippen molar-refractivity contribution in [2.75, 3.05) is 5.33 Å². The Morgan fingerprint density at radius 3 is 2.64 bits per heavy atom. The van der Waals surface area contributed by atoms with Crippen LogP contribution in [0.1, 0.15) is 25.7 Å². The lowest BCUT2D eigenvalue weighted by Crippen LogP contribution is -2.33. The smallest absolute Gasteiger partial charge is 0.312 e. The molecule has 1 heterocycles. The molecular formula is C8H11BrO2. The summed E-state index contributed by atoms with van der Waals surface area (Å²) in [5, 5.41) is 0.792. The third kappa shape index (κ3) is 1.01. The van der Waals surface area contributed by atoms with Gasteiger partial charge in [0.25, 0.3) is 0 Å². The number of rotatable bonds is 1. The van der Waals surface area contributed by atoms with Crippen LogP contribution < -0.4 is 0 Å². The van der Waals surface area contributed by atoms with E-state index in [4.69, 9.17) is 4.74 Å². The number of ether oxygens (including phenoxy) is 1. The Balaban J connectivity index is 2.08. The predicted octanol–water partition coefficient (Wildman–Crippen LogP) is 1.87. The highest BCUT2D eigenvalue weighted by molar-refractivity contribution is 9.09. The van der Waals surface area contributed by atoms with Gasteiger partial charge >= 0.3 is 5.97 Å². The third-order valence-corrected chi connectivity index (χ3v) is 3.53. The Bertz CT molecular complexity index is 187. The Morgan fingerprint density at radius 2 is 2.36 bits per heavy atom. The summed E-state index contributed by atoms with van der Waals surface area (Å²) in [6.45, 7) is 0. The molecule has 1 saturated heterocycles. The lowest BCUT2D eigenvalue weighted by molar-refractivity contribution is -0.151. The predicted molar refractivity (Wildman–Crippen MR) is 44.6 cm³/mol. The second kappa shape index (κ2) is 2.47. The molecule has 2 nitrogen and oxygen atoms in total. The minimum Gasteiger partial charge on any atom is -0.461 e. The number of esters is 1. The SMILES string of the molecule is O=C1O[C@@H](CBr)CC12CCC2. The Labute approximate surface area is 74.4 Å². The summed E-state index contributed by atoms with van der Waals surface area (Å²) in [6.07, 6.45) is 4.38. The first-order valence-electron chi connectivity index (χ1n) is 4.04. The molecule has 1 spiro atoms. The van der Waals surface area contributed by atoms with Crippen molar-refractivity contribution in [2.45, 2.75) is 31.8 Å². The lowest BCUT2D eigenvalue weighted by atomic mass is 9.67. The van der Waals surface area contributed by atoms with Gasteiger partial charge in [-0.3, -0.25) is 4.79 Å². The van der Waals surface area contributed by atoms with E-state index in [0.717, 1.165) is 24.6 Å². The number of halogens is 1. The number of alkyl halides is 1. The summed E-state index contributed by atoms with van der Waals surface area (Å²) in [5.41, 5.74) is -0.0432. The van der Waals surface area contributed by atoms with Crippen molar-refractivity contribution < 1.29 is 9.53 Å². The van der Waals surface area contributed by atoms with E-state index in [0.29, 0.717) is 0 Å². The summed E-state index contributed by atoms with van der Waals surface area (Å²) in [5.74, 6) is 0.0493. The van der Waals surface area contributed by atoms with Crippen LogP contribution in [0, 0.1) is 5.41 Å². The highest BCUT2D eigenvalue weighted by Crippen LogP contribution is 2.50. The van der Waals surface area contributed by atoms with Crippen LogP contribution in [0.15, 0.2) is 0 Å². The number of hydrogen-bond donors (Lipinski definition) is 0. The van der Waals surface area contributed by atoms with E-state index in [1.54, 1.807) is 0 Å². The molecule has 2 fully saturated rings. The maximum atomic E-state index is 11.3. The minimum absolute atomic E-state index is 0.0432. The molecule has 2 aliphatic rings. The average molecular weight is 219 g/mol. The molecule has 0 bridgehead atoms. The molecule has 0 aromatic heterocycles. The molecule has 1 aliphatic heterocycles. The molecule has 1 saturated carbocycles. The molecule has 2 rings (SSSR count). The van der Waals surface area contributed by atoms with Crippen molar-refractivity contribution in [3.8, 4) is 0 Å². The fourth-order valence-electron chi connectivity index (χ4n) is 1.94. The number of hydrogen-bond acceptors (Lipinski definition) is 2. The van der Waals surface area contributed by atoms with Gasteiger partial charge in [0.05, 0.1) is 5.41 Å². The molecule has 62 valence electrons. The molecule has 3 heteroatoms. The first kappa shape index (κ1) is 7.59. The monoisotopic (exact) mass is 218 g/mol. The summed E-state index contributed by atoms with van der Waals surface area (Å²) in [4.78, 5) is 11.3. The molecule has 1 atom stereocenters. The van der Waals surface area contributed by atoms with Gasteiger partial charge in [0, 0.05) is 11.8 Å². The molecule has 0 amide bonds. The maximum Gasteiger partial charge on any atom is 0.312 e. The quantitative estimate of drug-likeness (QED) is 0.497. The van der Waals surface area contributed by atoms with Gasteiger partial charge in [-0.1, -0.05) is 22.4 Å². The molecule has 0 N–H and O–H groups in total. The molecule has 0 unspecified atom stereocenters. The fourth-order valence-corrected chi connectivity index (χ4v) is 2.30. The zero-order valence-corrected chi connectivity index (χ0v) is 7.89. The van der Waals surface area contributed by atoms with Crippen molar-refractivity contribution in [3.05, 3.63) is 0 Å². The number of carbonyl (C=O) groups excluding carboxylic acids is 1. The highest BCUT2D eigenvalue weighted by Gasteiger charge is 2.52. The van der Waals surface area contributed by atoms with Crippen LogP contribution >= 0.6 is 15.9 Å². The first-order chi connectivity index (χ1) is 5.27. The van der Waals surface area contributed by atoms with Gasteiger partial charge in [-0.05, 0) is 12.8 Å². The van der Waals surface area contributed by atoms with Crippen molar-refractivity contribution >= 4 is 21.9 Å². The van der Waals surface area contributed by atoms with Gasteiger partial charge in [0.2, 0.25) is 0 Å². The van der Waals surface area contributed by atoms with E-state index in [1.165, 1.54) is 6.42 Å². The summed E-state index contributed by atoms with van der Waals surface area (Å²) >= 11 is 3.33. The van der Waals surface area contributed by atoms with E-state index < -0.39 is 0 Å². The number of carbonyl (C=O) groups is 1. The van der Waals surface area contributed by atoms with E-state index >= 15 is 0 Å². The standard InChI is InChI=1S/C8H11BrO2/c9-5-6-4-8(2-1-3-8)7(10)11-6/h6H,1-5H2/t6-/m1/s1. The van der Waals surface area contributed by atoms with Crippen LogP contribution in [0.3, 0.4) is 0 Å². The lowest BCUT2D eigenvalue weighted by Gasteiger charge is -2.33. The van der Waals surface area contributed by atoms with Crippen molar-refractivity contribution in [1.29, 1.82) is 0 Å². The van der Waals surface area contributed by atoms with Crippen LogP contribution in [0.5, 0.6) is 0 Å². The first-order valence-corrected chi connectivity index (χ1v) is 5.16.